The monoisotopic (exact) mass is 333 g/mol. The first kappa shape index (κ1) is 16.2. The van der Waals surface area contributed by atoms with Crippen molar-refractivity contribution in [2.24, 2.45) is 5.92 Å². The molecule has 118 valence electrons. The van der Waals surface area contributed by atoms with Crippen molar-refractivity contribution in [2.75, 3.05) is 18.9 Å². The molecule has 2 heterocycles. The van der Waals surface area contributed by atoms with Crippen LogP contribution in [-0.4, -0.2) is 37.3 Å². The number of rotatable bonds is 5. The summed E-state index contributed by atoms with van der Waals surface area (Å²) in [6.07, 6.45) is 1.66. The molecule has 2 rings (SSSR count). The van der Waals surface area contributed by atoms with Crippen molar-refractivity contribution >= 4 is 32.0 Å². The normalized spacial score (nSPS) is 20.1. The predicted octanol–water partition coefficient (Wildman–Crippen LogP) is 2.51. The molecule has 1 aliphatic rings. The third kappa shape index (κ3) is 2.90. The van der Waals surface area contributed by atoms with Gasteiger partial charge in [0.05, 0.1) is 4.92 Å². The van der Waals surface area contributed by atoms with E-state index in [1.807, 2.05) is 13.8 Å². The van der Waals surface area contributed by atoms with Crippen molar-refractivity contribution in [1.82, 2.24) is 4.31 Å². The van der Waals surface area contributed by atoms with Crippen LogP contribution in [0, 0.1) is 16.0 Å². The van der Waals surface area contributed by atoms with Gasteiger partial charge in [-0.25, -0.2) is 8.42 Å². The van der Waals surface area contributed by atoms with E-state index >= 15 is 0 Å². The maximum absolute atomic E-state index is 12.7. The molecule has 1 fully saturated rings. The quantitative estimate of drug-likeness (QED) is 0.660. The molecule has 1 aliphatic heterocycles. The zero-order valence-corrected chi connectivity index (χ0v) is 13.8. The summed E-state index contributed by atoms with van der Waals surface area (Å²) in [7, 11) is -2.13. The summed E-state index contributed by atoms with van der Waals surface area (Å²) in [4.78, 5) is 10.4. The largest absolute Gasteiger partial charge is 0.374 e. The maximum Gasteiger partial charge on any atom is 0.304 e. The van der Waals surface area contributed by atoms with Gasteiger partial charge in [0, 0.05) is 25.7 Å². The van der Waals surface area contributed by atoms with Crippen LogP contribution in [0.25, 0.3) is 0 Å². The Morgan fingerprint density at radius 1 is 1.52 bits per heavy atom. The molecule has 0 bridgehead atoms. The summed E-state index contributed by atoms with van der Waals surface area (Å²) in [5.74, 6) is 0.223. The summed E-state index contributed by atoms with van der Waals surface area (Å²) < 4.78 is 27.0. The number of nitrogens with zero attached hydrogens (tertiary/aromatic N) is 2. The van der Waals surface area contributed by atoms with E-state index in [0.717, 1.165) is 30.2 Å². The van der Waals surface area contributed by atoms with E-state index < -0.39 is 14.9 Å². The average molecular weight is 333 g/mol. The zero-order chi connectivity index (χ0) is 15.8. The van der Waals surface area contributed by atoms with Crippen molar-refractivity contribution in [3.8, 4) is 0 Å². The molecule has 21 heavy (non-hydrogen) atoms. The highest BCUT2D eigenvalue weighted by molar-refractivity contribution is 7.91. The van der Waals surface area contributed by atoms with Gasteiger partial charge in [-0.2, -0.15) is 4.31 Å². The molecule has 0 aliphatic carbocycles. The first-order valence-corrected chi connectivity index (χ1v) is 9.02. The van der Waals surface area contributed by atoms with Gasteiger partial charge in [0.2, 0.25) is 0 Å². The Balaban J connectivity index is 2.42. The Morgan fingerprint density at radius 3 is 2.67 bits per heavy atom. The number of hydrogen-bond acceptors (Lipinski definition) is 6. The van der Waals surface area contributed by atoms with Crippen LogP contribution < -0.4 is 5.32 Å². The highest BCUT2D eigenvalue weighted by Gasteiger charge is 2.39. The molecule has 9 heteroatoms. The fourth-order valence-corrected chi connectivity index (χ4v) is 5.88. The number of thiophene rings is 1. The fraction of sp³-hybridized carbons (Fsp3) is 0.667. The number of nitro groups is 1. The molecule has 1 unspecified atom stereocenters. The minimum atomic E-state index is -3.67. The molecule has 1 atom stereocenters. The molecule has 0 aromatic carbocycles. The summed E-state index contributed by atoms with van der Waals surface area (Å²) in [5.41, 5.74) is -0.193. The van der Waals surface area contributed by atoms with Gasteiger partial charge in [-0.1, -0.05) is 25.2 Å². The van der Waals surface area contributed by atoms with Crippen molar-refractivity contribution < 1.29 is 13.3 Å². The molecule has 0 radical (unpaired) electrons. The van der Waals surface area contributed by atoms with Crippen LogP contribution >= 0.6 is 11.3 Å². The number of sulfonamides is 1. The maximum atomic E-state index is 12.7. The first-order chi connectivity index (χ1) is 9.78. The minimum Gasteiger partial charge on any atom is -0.374 e. The van der Waals surface area contributed by atoms with E-state index in [0.29, 0.717) is 6.54 Å². The van der Waals surface area contributed by atoms with Crippen LogP contribution in [0.15, 0.2) is 10.3 Å². The molecular weight excluding hydrogens is 314 g/mol. The molecule has 1 N–H and O–H groups in total. The van der Waals surface area contributed by atoms with E-state index in [4.69, 9.17) is 0 Å². The van der Waals surface area contributed by atoms with Gasteiger partial charge in [0.1, 0.15) is 4.21 Å². The SMILES string of the molecule is CNc1sc(S(=O)(=O)N2CCCC2C(C)C)cc1[N+](=O)[O-]. The van der Waals surface area contributed by atoms with Crippen molar-refractivity contribution in [2.45, 2.75) is 36.9 Å². The molecule has 0 amide bonds. The molecule has 0 spiro atoms. The van der Waals surface area contributed by atoms with E-state index in [2.05, 4.69) is 5.32 Å². The lowest BCUT2D eigenvalue weighted by Crippen LogP contribution is -2.38. The molecular formula is C12H19N3O4S2. The van der Waals surface area contributed by atoms with Crippen LogP contribution in [-0.2, 0) is 10.0 Å². The Bertz CT molecular complexity index is 639. The standard InChI is InChI=1S/C12H19N3O4S2/c1-8(2)9-5-4-6-14(9)21(18,19)11-7-10(15(16)17)12(13-3)20-11/h7-9,13H,4-6H2,1-3H3. The lowest BCUT2D eigenvalue weighted by Gasteiger charge is -2.26. The van der Waals surface area contributed by atoms with Crippen molar-refractivity contribution in [1.29, 1.82) is 0 Å². The summed E-state index contributed by atoms with van der Waals surface area (Å²) >= 11 is 0.913. The summed E-state index contributed by atoms with van der Waals surface area (Å²) in [6, 6.07) is 1.12. The molecule has 7 nitrogen and oxygen atoms in total. The van der Waals surface area contributed by atoms with Gasteiger partial charge in [-0.05, 0) is 18.8 Å². The van der Waals surface area contributed by atoms with E-state index in [9.17, 15) is 18.5 Å². The van der Waals surface area contributed by atoms with E-state index in [1.54, 1.807) is 7.05 Å². The zero-order valence-electron chi connectivity index (χ0n) is 12.2. The second kappa shape index (κ2) is 5.90. The van der Waals surface area contributed by atoms with Crippen LogP contribution in [0.5, 0.6) is 0 Å². The van der Waals surface area contributed by atoms with Gasteiger partial charge in [0.25, 0.3) is 10.0 Å². The predicted molar refractivity (Wildman–Crippen MR) is 82.3 cm³/mol. The third-order valence-electron chi connectivity index (χ3n) is 3.69. The molecule has 1 saturated heterocycles. The number of hydrogen-bond donors (Lipinski definition) is 1. The molecule has 0 saturated carbocycles. The van der Waals surface area contributed by atoms with Gasteiger partial charge in [-0.15, -0.1) is 0 Å². The average Bonchev–Trinajstić information content (AvgIpc) is 3.05. The van der Waals surface area contributed by atoms with Gasteiger partial charge in [-0.3, -0.25) is 10.1 Å². The molecule has 1 aromatic heterocycles. The second-order valence-electron chi connectivity index (χ2n) is 5.36. The van der Waals surface area contributed by atoms with Crippen LogP contribution in [0.4, 0.5) is 10.7 Å². The van der Waals surface area contributed by atoms with Crippen LogP contribution in [0.1, 0.15) is 26.7 Å². The Kier molecular flexibility index (Phi) is 4.54. The van der Waals surface area contributed by atoms with E-state index in [-0.39, 0.29) is 26.9 Å². The Labute approximate surface area is 128 Å². The third-order valence-corrected chi connectivity index (χ3v) is 7.21. The highest BCUT2D eigenvalue weighted by Crippen LogP contribution is 2.40. The first-order valence-electron chi connectivity index (χ1n) is 6.77. The van der Waals surface area contributed by atoms with Gasteiger partial charge >= 0.3 is 5.69 Å². The van der Waals surface area contributed by atoms with Crippen molar-refractivity contribution in [3.05, 3.63) is 16.2 Å². The Morgan fingerprint density at radius 2 is 2.19 bits per heavy atom. The lowest BCUT2D eigenvalue weighted by atomic mass is 10.0. The smallest absolute Gasteiger partial charge is 0.304 e. The molecule has 1 aromatic rings. The van der Waals surface area contributed by atoms with Crippen LogP contribution in [0.2, 0.25) is 0 Å². The van der Waals surface area contributed by atoms with Gasteiger partial charge < -0.3 is 5.32 Å². The number of anilines is 1. The highest BCUT2D eigenvalue weighted by atomic mass is 32.2. The van der Waals surface area contributed by atoms with Gasteiger partial charge in [0.15, 0.2) is 5.00 Å². The fourth-order valence-electron chi connectivity index (χ4n) is 2.65. The van der Waals surface area contributed by atoms with Crippen molar-refractivity contribution in [3.63, 3.8) is 0 Å². The number of nitrogens with one attached hydrogen (secondary N) is 1. The second-order valence-corrected chi connectivity index (χ2v) is 8.53. The summed E-state index contributed by atoms with van der Waals surface area (Å²) in [6.45, 7) is 4.47. The lowest BCUT2D eigenvalue weighted by molar-refractivity contribution is -0.383. The minimum absolute atomic E-state index is 0.0332. The topological polar surface area (TPSA) is 92.6 Å². The Hall–Kier alpha value is -1.19. The summed E-state index contributed by atoms with van der Waals surface area (Å²) in [5, 5.41) is 13.9. The van der Waals surface area contributed by atoms with Crippen LogP contribution in [0.3, 0.4) is 0 Å². The van der Waals surface area contributed by atoms with E-state index in [1.165, 1.54) is 4.31 Å².